The maximum atomic E-state index is 5.79. The zero-order valence-electron chi connectivity index (χ0n) is 11.5. The highest BCUT2D eigenvalue weighted by atomic mass is 79.9. The van der Waals surface area contributed by atoms with Crippen molar-refractivity contribution in [1.82, 2.24) is 14.9 Å². The summed E-state index contributed by atoms with van der Waals surface area (Å²) in [6, 6.07) is 0. The molecule has 5 nitrogen and oxygen atoms in total. The molecule has 0 spiro atoms. The van der Waals surface area contributed by atoms with Crippen LogP contribution in [0.15, 0.2) is 10.7 Å². The predicted molar refractivity (Wildman–Crippen MR) is 79.3 cm³/mol. The second-order valence-electron chi connectivity index (χ2n) is 4.60. The third-order valence-electron chi connectivity index (χ3n) is 3.19. The van der Waals surface area contributed by atoms with E-state index in [0.717, 1.165) is 55.3 Å². The molecule has 2 rings (SSSR count). The van der Waals surface area contributed by atoms with Gasteiger partial charge in [0.2, 0.25) is 0 Å². The van der Waals surface area contributed by atoms with E-state index in [1.165, 1.54) is 0 Å². The predicted octanol–water partition coefficient (Wildman–Crippen LogP) is 2.45. The van der Waals surface area contributed by atoms with Crippen LogP contribution >= 0.6 is 15.9 Å². The van der Waals surface area contributed by atoms with Crippen molar-refractivity contribution in [2.45, 2.75) is 26.4 Å². The molecular weight excluding hydrogens is 308 g/mol. The van der Waals surface area contributed by atoms with Gasteiger partial charge in [0.1, 0.15) is 11.9 Å². The molecule has 1 aromatic heterocycles. The Labute approximate surface area is 122 Å². The number of nitrogens with zero attached hydrogens (tertiary/aromatic N) is 3. The molecule has 1 atom stereocenters. The lowest BCUT2D eigenvalue weighted by molar-refractivity contribution is -0.0325. The largest absolute Gasteiger partial charge is 0.369 e. The average Bonchev–Trinajstić information content (AvgIpc) is 2.46. The summed E-state index contributed by atoms with van der Waals surface area (Å²) in [7, 11) is 0. The average molecular weight is 329 g/mol. The molecule has 1 aliphatic rings. The number of likely N-dealkylation sites (N-methyl/N-ethyl adjacent to an activating group) is 1. The molecule has 1 N–H and O–H groups in total. The number of anilines is 1. The molecule has 0 saturated carbocycles. The molecule has 6 heteroatoms. The van der Waals surface area contributed by atoms with Crippen molar-refractivity contribution < 1.29 is 4.74 Å². The van der Waals surface area contributed by atoms with Gasteiger partial charge < -0.3 is 10.1 Å². The van der Waals surface area contributed by atoms with Gasteiger partial charge in [0.05, 0.1) is 11.1 Å². The lowest BCUT2D eigenvalue weighted by Crippen LogP contribution is -2.38. The first-order chi connectivity index (χ1) is 9.24. The molecule has 1 saturated heterocycles. The van der Waals surface area contributed by atoms with Crippen molar-refractivity contribution in [3.05, 3.63) is 16.5 Å². The van der Waals surface area contributed by atoms with Crippen molar-refractivity contribution in [1.29, 1.82) is 0 Å². The Morgan fingerprint density at radius 3 is 3.11 bits per heavy atom. The van der Waals surface area contributed by atoms with Crippen LogP contribution in [0.3, 0.4) is 0 Å². The summed E-state index contributed by atoms with van der Waals surface area (Å²) in [4.78, 5) is 11.3. The van der Waals surface area contributed by atoms with E-state index in [-0.39, 0.29) is 6.10 Å². The molecule has 0 amide bonds. The third kappa shape index (κ3) is 3.87. The highest BCUT2D eigenvalue weighted by Gasteiger charge is 2.23. The molecule has 1 fully saturated rings. The van der Waals surface area contributed by atoms with E-state index >= 15 is 0 Å². The van der Waals surface area contributed by atoms with Gasteiger partial charge in [-0.05, 0) is 28.9 Å². The molecular formula is C13H21BrN4O. The van der Waals surface area contributed by atoms with Crippen LogP contribution in [0.1, 0.15) is 32.2 Å². The number of morpholine rings is 1. The quantitative estimate of drug-likeness (QED) is 0.899. The molecule has 1 aliphatic heterocycles. The van der Waals surface area contributed by atoms with Crippen molar-refractivity contribution in [2.75, 3.05) is 38.1 Å². The van der Waals surface area contributed by atoms with Gasteiger partial charge in [-0.25, -0.2) is 9.97 Å². The Kier molecular flexibility index (Phi) is 5.54. The molecule has 0 aliphatic carbocycles. The number of nitrogens with one attached hydrogen (secondary N) is 1. The maximum absolute atomic E-state index is 5.79. The van der Waals surface area contributed by atoms with Gasteiger partial charge in [-0.3, -0.25) is 4.90 Å². The number of hydrogen-bond acceptors (Lipinski definition) is 5. The minimum atomic E-state index is -0.0241. The third-order valence-corrected chi connectivity index (χ3v) is 3.77. The van der Waals surface area contributed by atoms with Gasteiger partial charge in [0.15, 0.2) is 5.82 Å². The Balaban J connectivity index is 2.10. The molecule has 0 bridgehead atoms. The van der Waals surface area contributed by atoms with E-state index in [1.807, 2.05) is 0 Å². The lowest BCUT2D eigenvalue weighted by atomic mass is 10.2. The second kappa shape index (κ2) is 7.17. The van der Waals surface area contributed by atoms with E-state index in [4.69, 9.17) is 4.74 Å². The van der Waals surface area contributed by atoms with Crippen LogP contribution in [0.25, 0.3) is 0 Å². The number of halogens is 1. The lowest BCUT2D eigenvalue weighted by Gasteiger charge is -2.31. The molecule has 106 valence electrons. The van der Waals surface area contributed by atoms with Gasteiger partial charge in [-0.2, -0.15) is 0 Å². The number of aromatic nitrogens is 2. The highest BCUT2D eigenvalue weighted by molar-refractivity contribution is 9.10. The maximum Gasteiger partial charge on any atom is 0.160 e. The van der Waals surface area contributed by atoms with Crippen molar-refractivity contribution in [3.63, 3.8) is 0 Å². The van der Waals surface area contributed by atoms with E-state index in [0.29, 0.717) is 0 Å². The minimum absolute atomic E-state index is 0.0241. The van der Waals surface area contributed by atoms with Crippen LogP contribution in [0.5, 0.6) is 0 Å². The number of rotatable bonds is 5. The zero-order valence-corrected chi connectivity index (χ0v) is 13.1. The van der Waals surface area contributed by atoms with Crippen LogP contribution in [0.2, 0.25) is 0 Å². The van der Waals surface area contributed by atoms with Crippen LogP contribution in [-0.4, -0.2) is 47.7 Å². The summed E-state index contributed by atoms with van der Waals surface area (Å²) >= 11 is 3.47. The second-order valence-corrected chi connectivity index (χ2v) is 5.46. The monoisotopic (exact) mass is 328 g/mol. The summed E-state index contributed by atoms with van der Waals surface area (Å²) in [6.07, 6.45) is 2.84. The number of ether oxygens (including phenoxy) is 1. The van der Waals surface area contributed by atoms with E-state index in [2.05, 4.69) is 50.0 Å². The minimum Gasteiger partial charge on any atom is -0.369 e. The Hall–Kier alpha value is -0.720. The molecule has 19 heavy (non-hydrogen) atoms. The van der Waals surface area contributed by atoms with Crippen molar-refractivity contribution >= 4 is 21.7 Å². The number of hydrogen-bond donors (Lipinski definition) is 1. The molecule has 0 radical (unpaired) electrons. The van der Waals surface area contributed by atoms with E-state index in [9.17, 15) is 0 Å². The summed E-state index contributed by atoms with van der Waals surface area (Å²) in [5.74, 6) is 1.61. The van der Waals surface area contributed by atoms with Crippen LogP contribution in [-0.2, 0) is 4.74 Å². The summed E-state index contributed by atoms with van der Waals surface area (Å²) in [6.45, 7) is 8.84. The Bertz CT molecular complexity index is 416. The van der Waals surface area contributed by atoms with Gasteiger partial charge >= 0.3 is 0 Å². The van der Waals surface area contributed by atoms with E-state index in [1.54, 1.807) is 6.20 Å². The smallest absolute Gasteiger partial charge is 0.160 e. The fourth-order valence-corrected chi connectivity index (χ4v) is 2.38. The summed E-state index contributed by atoms with van der Waals surface area (Å²) in [5, 5.41) is 3.30. The standard InChI is InChI=1S/C13H21BrN4O/c1-3-5-15-12-10(14)8-16-13(17-12)11-9-18(4-2)6-7-19-11/h8,11H,3-7,9H2,1-2H3,(H,15,16,17). The molecule has 1 aromatic rings. The van der Waals surface area contributed by atoms with Crippen LogP contribution in [0, 0.1) is 0 Å². The molecule has 1 unspecified atom stereocenters. The summed E-state index contributed by atoms with van der Waals surface area (Å²) in [5.41, 5.74) is 0. The first kappa shape index (κ1) is 14.7. The van der Waals surface area contributed by atoms with Gasteiger partial charge in [0, 0.05) is 25.8 Å². The topological polar surface area (TPSA) is 50.3 Å². The fraction of sp³-hybridized carbons (Fsp3) is 0.692. The van der Waals surface area contributed by atoms with Crippen LogP contribution in [0.4, 0.5) is 5.82 Å². The van der Waals surface area contributed by atoms with Gasteiger partial charge in [0.25, 0.3) is 0 Å². The van der Waals surface area contributed by atoms with Crippen molar-refractivity contribution in [2.24, 2.45) is 0 Å². The zero-order chi connectivity index (χ0) is 13.7. The summed E-state index contributed by atoms with van der Waals surface area (Å²) < 4.78 is 6.68. The normalized spacial score (nSPS) is 20.5. The first-order valence-corrected chi connectivity index (χ1v) is 7.64. The Morgan fingerprint density at radius 1 is 1.53 bits per heavy atom. The Morgan fingerprint density at radius 2 is 2.37 bits per heavy atom. The molecule has 2 heterocycles. The van der Waals surface area contributed by atoms with Crippen molar-refractivity contribution in [3.8, 4) is 0 Å². The molecule has 0 aromatic carbocycles. The van der Waals surface area contributed by atoms with Gasteiger partial charge in [-0.1, -0.05) is 13.8 Å². The fourth-order valence-electron chi connectivity index (χ4n) is 2.05. The van der Waals surface area contributed by atoms with Gasteiger partial charge in [-0.15, -0.1) is 0 Å². The van der Waals surface area contributed by atoms with E-state index < -0.39 is 0 Å². The highest BCUT2D eigenvalue weighted by Crippen LogP contribution is 2.24. The van der Waals surface area contributed by atoms with Crippen LogP contribution < -0.4 is 5.32 Å². The SMILES string of the molecule is CCCNc1nc(C2CN(CC)CCO2)ncc1Br. The first-order valence-electron chi connectivity index (χ1n) is 6.84.